The molecule has 0 saturated heterocycles. The van der Waals surface area contributed by atoms with Crippen molar-refractivity contribution < 1.29 is 9.53 Å². The molecule has 0 heterocycles. The Kier molecular flexibility index (Phi) is 8.51. The number of hydrogen-bond acceptors (Lipinski definition) is 3. The van der Waals surface area contributed by atoms with Gasteiger partial charge in [-0.1, -0.05) is 0 Å². The number of nitrogens with zero attached hydrogens (tertiary/aromatic N) is 1. The molecular weight excluding hydrogens is 441 g/mol. The Morgan fingerprint density at radius 2 is 1.43 bits per heavy atom. The van der Waals surface area contributed by atoms with Crippen LogP contribution in [0, 0.1) is 0 Å². The Balaban J connectivity index is 1.59. The SMILES string of the molecule is O=C(N[C@H](CN=C([Se])Nc1ccccc1)Cc1ccccc1)OCc1ccccc1. The molecule has 0 aliphatic carbocycles. The fourth-order valence-electron chi connectivity index (χ4n) is 2.87. The first-order valence-electron chi connectivity index (χ1n) is 9.74. The molecule has 6 heteroatoms. The molecule has 153 valence electrons. The summed E-state index contributed by atoms with van der Waals surface area (Å²) in [4.78, 5) is 16.9. The molecule has 0 aliphatic rings. The van der Waals surface area contributed by atoms with Gasteiger partial charge in [-0.05, 0) is 0 Å². The van der Waals surface area contributed by atoms with Gasteiger partial charge in [0.2, 0.25) is 0 Å². The summed E-state index contributed by atoms with van der Waals surface area (Å²) in [5.41, 5.74) is 3.02. The maximum atomic E-state index is 12.3. The van der Waals surface area contributed by atoms with Crippen LogP contribution in [0.4, 0.5) is 10.5 Å². The molecule has 0 bridgehead atoms. The molecule has 0 aliphatic heterocycles. The van der Waals surface area contributed by atoms with Crippen LogP contribution in [-0.4, -0.2) is 39.4 Å². The summed E-state index contributed by atoms with van der Waals surface area (Å²) in [6.45, 7) is 0.647. The van der Waals surface area contributed by atoms with E-state index in [0.29, 0.717) is 17.7 Å². The van der Waals surface area contributed by atoms with E-state index in [9.17, 15) is 4.79 Å². The fourth-order valence-corrected chi connectivity index (χ4v) is 3.27. The third kappa shape index (κ3) is 7.74. The van der Waals surface area contributed by atoms with Crippen molar-refractivity contribution in [3.8, 4) is 0 Å². The Labute approximate surface area is 185 Å². The van der Waals surface area contributed by atoms with Gasteiger partial charge in [0, 0.05) is 0 Å². The molecule has 1 atom stereocenters. The minimum atomic E-state index is -0.451. The normalized spacial score (nSPS) is 12.1. The second-order valence-corrected chi connectivity index (χ2v) is 7.54. The molecule has 5 nitrogen and oxygen atoms in total. The van der Waals surface area contributed by atoms with Crippen molar-refractivity contribution in [3.05, 3.63) is 102 Å². The van der Waals surface area contributed by atoms with Gasteiger partial charge in [0.15, 0.2) is 0 Å². The zero-order valence-corrected chi connectivity index (χ0v) is 18.2. The molecule has 3 aromatic carbocycles. The van der Waals surface area contributed by atoms with Gasteiger partial charge in [-0.3, -0.25) is 0 Å². The van der Waals surface area contributed by atoms with Crippen molar-refractivity contribution in [1.82, 2.24) is 5.32 Å². The number of para-hydroxylation sites is 1. The maximum absolute atomic E-state index is 12.3. The molecule has 0 saturated carbocycles. The Bertz CT molecular complexity index is 934. The van der Waals surface area contributed by atoms with Crippen LogP contribution in [-0.2, 0) is 17.8 Å². The predicted molar refractivity (Wildman–Crippen MR) is 122 cm³/mol. The van der Waals surface area contributed by atoms with Crippen LogP contribution in [0.1, 0.15) is 11.1 Å². The first-order chi connectivity index (χ1) is 14.7. The average Bonchev–Trinajstić information content (AvgIpc) is 2.78. The van der Waals surface area contributed by atoms with E-state index in [1.807, 2.05) is 91.0 Å². The van der Waals surface area contributed by atoms with Crippen molar-refractivity contribution in [1.29, 1.82) is 0 Å². The number of nitrogens with one attached hydrogen (secondary N) is 2. The Hall–Kier alpha value is -3.08. The molecule has 0 aromatic heterocycles. The van der Waals surface area contributed by atoms with E-state index in [4.69, 9.17) is 4.74 Å². The van der Waals surface area contributed by atoms with Gasteiger partial charge in [-0.25, -0.2) is 0 Å². The molecule has 3 aromatic rings. The quantitative estimate of drug-likeness (QED) is 0.298. The molecule has 30 heavy (non-hydrogen) atoms. The molecule has 0 fully saturated rings. The average molecular weight is 465 g/mol. The first-order valence-corrected chi connectivity index (χ1v) is 10.6. The molecule has 2 N–H and O–H groups in total. The van der Waals surface area contributed by atoms with Crippen LogP contribution >= 0.6 is 0 Å². The monoisotopic (exact) mass is 466 g/mol. The summed E-state index contributed by atoms with van der Waals surface area (Å²) in [6, 6.07) is 29.2. The van der Waals surface area contributed by atoms with Gasteiger partial charge in [0.25, 0.3) is 0 Å². The number of rotatable bonds is 8. The van der Waals surface area contributed by atoms with Crippen LogP contribution in [0.3, 0.4) is 0 Å². The minimum absolute atomic E-state index is 0.198. The van der Waals surface area contributed by atoms with E-state index in [0.717, 1.165) is 16.8 Å². The molecule has 1 radical (unpaired) electrons. The number of amidine groups is 1. The van der Waals surface area contributed by atoms with Gasteiger partial charge in [-0.15, -0.1) is 0 Å². The molecule has 3 rings (SSSR count). The van der Waals surface area contributed by atoms with Crippen LogP contribution in [0.2, 0.25) is 0 Å². The number of anilines is 1. The van der Waals surface area contributed by atoms with E-state index in [1.54, 1.807) is 0 Å². The summed E-state index contributed by atoms with van der Waals surface area (Å²) in [6.07, 6.45) is 0.205. The van der Waals surface area contributed by atoms with Crippen molar-refractivity contribution in [2.24, 2.45) is 4.99 Å². The van der Waals surface area contributed by atoms with E-state index in [2.05, 4.69) is 31.6 Å². The summed E-state index contributed by atoms with van der Waals surface area (Å²) >= 11 is 2.94. The fraction of sp³-hybridized carbons (Fsp3) is 0.167. The second-order valence-electron chi connectivity index (χ2n) is 6.73. The number of carbonyl (C=O) groups excluding carboxylic acids is 1. The van der Waals surface area contributed by atoms with E-state index in [-0.39, 0.29) is 12.6 Å². The summed E-state index contributed by atoms with van der Waals surface area (Å²) in [5, 5.41) is 6.16. The van der Waals surface area contributed by atoms with Crippen LogP contribution in [0.25, 0.3) is 0 Å². The number of benzene rings is 3. The van der Waals surface area contributed by atoms with Crippen molar-refractivity contribution >= 4 is 32.5 Å². The standard InChI is InChI=1S/C24H24N3O2Se/c28-24(29-18-20-12-6-2-7-13-20)27-22(16-19-10-4-1-5-11-19)17-25-23(30)26-21-14-8-3-9-15-21/h1-15,22H,16-18H2,(H,25,26)(H,27,28)/t22-/m0/s1. The van der Waals surface area contributed by atoms with Gasteiger partial charge >= 0.3 is 185 Å². The first kappa shape index (κ1) is 21.6. The zero-order valence-electron chi connectivity index (χ0n) is 16.5. The molecule has 0 spiro atoms. The van der Waals surface area contributed by atoms with Gasteiger partial charge in [0.1, 0.15) is 0 Å². The number of ether oxygens (including phenoxy) is 1. The van der Waals surface area contributed by atoms with Crippen LogP contribution in [0.5, 0.6) is 0 Å². The van der Waals surface area contributed by atoms with Crippen molar-refractivity contribution in [2.75, 3.05) is 11.9 Å². The second kappa shape index (κ2) is 11.8. The summed E-state index contributed by atoms with van der Waals surface area (Å²) < 4.78 is 6.04. The van der Waals surface area contributed by atoms with E-state index < -0.39 is 6.09 Å². The number of amides is 1. The van der Waals surface area contributed by atoms with Crippen LogP contribution in [0.15, 0.2) is 96.0 Å². The van der Waals surface area contributed by atoms with Crippen molar-refractivity contribution in [3.63, 3.8) is 0 Å². The van der Waals surface area contributed by atoms with E-state index >= 15 is 0 Å². The number of aliphatic imine (C=N–C) groups is 1. The topological polar surface area (TPSA) is 62.7 Å². The van der Waals surface area contributed by atoms with Crippen molar-refractivity contribution in [2.45, 2.75) is 19.1 Å². The summed E-state index contributed by atoms with van der Waals surface area (Å²) in [7, 11) is 0. The Morgan fingerprint density at radius 3 is 2.07 bits per heavy atom. The van der Waals surface area contributed by atoms with Gasteiger partial charge in [-0.2, -0.15) is 0 Å². The number of hydrogen-bond donors (Lipinski definition) is 2. The van der Waals surface area contributed by atoms with Gasteiger partial charge in [0.05, 0.1) is 0 Å². The molecule has 0 unspecified atom stereocenters. The Morgan fingerprint density at radius 1 is 0.867 bits per heavy atom. The molecule has 1 amide bonds. The third-order valence-electron chi connectivity index (χ3n) is 4.34. The summed E-state index contributed by atoms with van der Waals surface area (Å²) in [5.74, 6) is 0. The van der Waals surface area contributed by atoms with E-state index in [1.165, 1.54) is 0 Å². The van der Waals surface area contributed by atoms with Gasteiger partial charge < -0.3 is 0 Å². The zero-order chi connectivity index (χ0) is 21.0. The molecular formula is C24H24N3O2Se. The van der Waals surface area contributed by atoms with Crippen LogP contribution < -0.4 is 10.6 Å². The number of carbonyl (C=O) groups is 1. The number of alkyl carbamates (subject to hydrolysis) is 1. The third-order valence-corrected chi connectivity index (χ3v) is 4.82. The predicted octanol–water partition coefficient (Wildman–Crippen LogP) is 4.16.